The normalized spacial score (nSPS) is 13.6. The SMILES string of the molecule is CC(C)c1cccc(C(C)C)c1-n1c(-c2[c-]ccc3c2oc2ccccc23)nc2nccnc21.[2H]C([2H])([2H])c1c[c-]c(-c2ccc(C([2H])([2H])[2H])cn2)cc1.[Ir]. The predicted molar refractivity (Wildman–Crippen MR) is 194 cm³/mol. The zero-order valence-electron chi connectivity index (χ0n) is 33.4. The van der Waals surface area contributed by atoms with Crippen LogP contribution in [0.2, 0.25) is 0 Å². The minimum atomic E-state index is -2.18. The summed E-state index contributed by atoms with van der Waals surface area (Å²) in [7, 11) is 0. The first kappa shape index (κ1) is 26.9. The first-order chi connectivity index (χ1) is 25.7. The van der Waals surface area contributed by atoms with Crippen LogP contribution in [0.5, 0.6) is 0 Å². The van der Waals surface area contributed by atoms with E-state index in [1.165, 1.54) is 35.5 Å². The molecule has 0 aliphatic rings. The fourth-order valence-corrected chi connectivity index (χ4v) is 5.95. The molecular formula is C42H37IrN5O-2. The van der Waals surface area contributed by atoms with E-state index in [-0.39, 0.29) is 31.2 Å². The van der Waals surface area contributed by atoms with Crippen LogP contribution in [-0.4, -0.2) is 24.5 Å². The van der Waals surface area contributed by atoms with Gasteiger partial charge in [0.2, 0.25) is 0 Å². The van der Waals surface area contributed by atoms with Crippen molar-refractivity contribution in [1.29, 1.82) is 0 Å². The summed E-state index contributed by atoms with van der Waals surface area (Å²) >= 11 is 0. The van der Waals surface area contributed by atoms with E-state index < -0.39 is 13.7 Å². The Bertz CT molecular complexity index is 2510. The molecule has 0 saturated carbocycles. The fraction of sp³-hybridized carbons (Fsp3) is 0.190. The van der Waals surface area contributed by atoms with Crippen molar-refractivity contribution in [2.75, 3.05) is 0 Å². The van der Waals surface area contributed by atoms with Gasteiger partial charge in [0.25, 0.3) is 0 Å². The van der Waals surface area contributed by atoms with E-state index in [1.807, 2.05) is 24.3 Å². The van der Waals surface area contributed by atoms with Crippen molar-refractivity contribution < 1.29 is 32.7 Å². The van der Waals surface area contributed by atoms with Gasteiger partial charge in [-0.3, -0.25) is 4.98 Å². The smallest absolute Gasteiger partial charge is 0.188 e. The Hall–Kier alpha value is -4.97. The zero-order chi connectivity index (χ0) is 38.4. The van der Waals surface area contributed by atoms with Gasteiger partial charge in [0.15, 0.2) is 11.3 Å². The summed E-state index contributed by atoms with van der Waals surface area (Å²) in [5.74, 6) is 1.38. The van der Waals surface area contributed by atoms with Crippen LogP contribution >= 0.6 is 0 Å². The summed E-state index contributed by atoms with van der Waals surface area (Å²) < 4.78 is 52.2. The Kier molecular flexibility index (Phi) is 7.83. The van der Waals surface area contributed by atoms with Gasteiger partial charge in [-0.05, 0) is 47.1 Å². The van der Waals surface area contributed by atoms with Gasteiger partial charge in [0.05, 0.1) is 11.4 Å². The topological polar surface area (TPSA) is 69.6 Å². The van der Waals surface area contributed by atoms with Gasteiger partial charge >= 0.3 is 0 Å². The molecule has 8 aromatic rings. The summed E-state index contributed by atoms with van der Waals surface area (Å²) in [5, 5.41) is 2.13. The van der Waals surface area contributed by atoms with Crippen molar-refractivity contribution in [1.82, 2.24) is 24.5 Å². The minimum Gasteiger partial charge on any atom is -0.501 e. The molecule has 0 aliphatic heterocycles. The average Bonchev–Trinajstić information content (AvgIpc) is 3.73. The van der Waals surface area contributed by atoms with Gasteiger partial charge in [-0.25, -0.2) is 9.97 Å². The molecule has 4 heterocycles. The van der Waals surface area contributed by atoms with Gasteiger partial charge in [-0.2, -0.15) is 0 Å². The monoisotopic (exact) mass is 826 g/mol. The number of benzene rings is 4. The summed E-state index contributed by atoms with van der Waals surface area (Å²) in [6.07, 6.45) is 4.71. The van der Waals surface area contributed by atoms with Gasteiger partial charge in [0, 0.05) is 58.0 Å². The molecule has 6 nitrogen and oxygen atoms in total. The van der Waals surface area contributed by atoms with E-state index >= 15 is 0 Å². The Morgan fingerprint density at radius 3 is 2.20 bits per heavy atom. The van der Waals surface area contributed by atoms with E-state index in [9.17, 15) is 0 Å². The number of hydrogen-bond donors (Lipinski definition) is 0. The number of imidazole rings is 1. The first-order valence-electron chi connectivity index (χ1n) is 18.9. The number of nitrogens with zero attached hydrogens (tertiary/aromatic N) is 5. The quantitative estimate of drug-likeness (QED) is 0.162. The minimum absolute atomic E-state index is 0. The molecule has 0 amide bonds. The van der Waals surface area contributed by atoms with Gasteiger partial charge < -0.3 is 14.0 Å². The second-order valence-electron chi connectivity index (χ2n) is 12.2. The number of fused-ring (bicyclic) bond motifs is 4. The van der Waals surface area contributed by atoms with E-state index in [4.69, 9.17) is 22.6 Å². The van der Waals surface area contributed by atoms with Crippen LogP contribution in [0.4, 0.5) is 0 Å². The third-order valence-electron chi connectivity index (χ3n) is 8.28. The van der Waals surface area contributed by atoms with E-state index in [0.717, 1.165) is 44.7 Å². The number of aromatic nitrogens is 5. The average molecular weight is 826 g/mol. The van der Waals surface area contributed by atoms with E-state index in [2.05, 4.69) is 84.7 Å². The van der Waals surface area contributed by atoms with Gasteiger partial charge in [0.1, 0.15) is 5.58 Å². The number of hydrogen-bond acceptors (Lipinski definition) is 5. The van der Waals surface area contributed by atoms with Crippen molar-refractivity contribution >= 4 is 33.2 Å². The summed E-state index contributed by atoms with van der Waals surface area (Å²) in [6, 6.07) is 32.5. The van der Waals surface area contributed by atoms with Crippen molar-refractivity contribution in [3.63, 3.8) is 0 Å². The zero-order valence-corrected chi connectivity index (χ0v) is 29.8. The van der Waals surface area contributed by atoms with Crippen LogP contribution in [0.15, 0.2) is 108 Å². The Balaban J connectivity index is 0.000000211. The standard InChI is InChI=1S/C29H25N4O.C13H12N.Ir/c1-17(2)19-10-7-11-20(18(3)4)25(19)33-28(32-27-29(33)31-16-15-30-27)23-13-8-12-22-21-9-5-6-14-24(21)34-26(22)23;1-10-3-6-12(7-4-10)13-8-5-11(2)9-14-13;/h5-12,14-18H,1-4H3;3-6,8-9H,1-2H3;/q2*-1;/i;1D3,2D3;. The third-order valence-corrected chi connectivity index (χ3v) is 8.28. The van der Waals surface area contributed by atoms with Gasteiger partial charge in [-0.1, -0.05) is 94.0 Å². The molecule has 0 spiro atoms. The summed E-state index contributed by atoms with van der Waals surface area (Å²) in [4.78, 5) is 18.3. The maximum absolute atomic E-state index is 7.28. The fourth-order valence-electron chi connectivity index (χ4n) is 5.95. The summed E-state index contributed by atoms with van der Waals surface area (Å²) in [5.41, 5.74) is 8.92. The molecule has 0 bridgehead atoms. The molecule has 7 heteroatoms. The molecular weight excluding hydrogens is 783 g/mol. The molecule has 4 aromatic heterocycles. The number of rotatable bonds is 5. The van der Waals surface area contributed by atoms with Crippen LogP contribution in [0.1, 0.15) is 70.0 Å². The van der Waals surface area contributed by atoms with E-state index in [0.29, 0.717) is 28.7 Å². The molecule has 1 radical (unpaired) electrons. The van der Waals surface area contributed by atoms with E-state index in [1.54, 1.807) is 24.5 Å². The van der Waals surface area contributed by atoms with Crippen molar-refractivity contribution in [2.24, 2.45) is 0 Å². The molecule has 0 unspecified atom stereocenters. The van der Waals surface area contributed by atoms with Crippen molar-refractivity contribution in [3.05, 3.63) is 138 Å². The molecule has 0 N–H and O–H groups in total. The van der Waals surface area contributed by atoms with Crippen LogP contribution < -0.4 is 0 Å². The Morgan fingerprint density at radius 2 is 1.51 bits per heavy atom. The maximum atomic E-state index is 7.28. The molecule has 0 atom stereocenters. The van der Waals surface area contributed by atoms with Crippen LogP contribution in [0.3, 0.4) is 0 Å². The largest absolute Gasteiger partial charge is 0.501 e. The van der Waals surface area contributed by atoms with Crippen molar-refractivity contribution in [2.45, 2.75) is 53.2 Å². The number of furan rings is 1. The Morgan fingerprint density at radius 1 is 0.755 bits per heavy atom. The molecule has 49 heavy (non-hydrogen) atoms. The maximum Gasteiger partial charge on any atom is 0.188 e. The molecule has 0 fully saturated rings. The van der Waals surface area contributed by atoms with Crippen LogP contribution in [0, 0.1) is 25.8 Å². The molecule has 247 valence electrons. The molecule has 8 rings (SSSR count). The summed E-state index contributed by atoms with van der Waals surface area (Å²) in [6.45, 7) is 4.55. The second kappa shape index (κ2) is 14.3. The van der Waals surface area contributed by atoms with Gasteiger partial charge in [-0.15, -0.1) is 53.6 Å². The van der Waals surface area contributed by atoms with Crippen molar-refractivity contribution in [3.8, 4) is 28.3 Å². The molecule has 4 aromatic carbocycles. The second-order valence-corrected chi connectivity index (χ2v) is 12.2. The van der Waals surface area contributed by atoms with Crippen LogP contribution in [0.25, 0.3) is 61.6 Å². The number of para-hydroxylation sites is 2. The molecule has 0 aliphatic carbocycles. The third kappa shape index (κ3) is 6.57. The Labute approximate surface area is 309 Å². The first-order valence-corrected chi connectivity index (χ1v) is 15.9. The predicted octanol–water partition coefficient (Wildman–Crippen LogP) is 10.6. The van der Waals surface area contributed by atoms with Crippen LogP contribution in [-0.2, 0) is 20.1 Å². The molecule has 0 saturated heterocycles. The number of pyridine rings is 1. The number of aryl methyl sites for hydroxylation is 2.